The molecule has 1 aromatic carbocycles. The molecule has 0 saturated heterocycles. The van der Waals surface area contributed by atoms with E-state index in [1.165, 1.54) is 0 Å². The van der Waals surface area contributed by atoms with Crippen LogP contribution in [0.1, 0.15) is 12.8 Å². The minimum absolute atomic E-state index is 0.0424. The van der Waals surface area contributed by atoms with Crippen molar-refractivity contribution in [3.8, 4) is 0 Å². The summed E-state index contributed by atoms with van der Waals surface area (Å²) in [5.41, 5.74) is 0.730. The van der Waals surface area contributed by atoms with Crippen molar-refractivity contribution >= 4 is 23.2 Å². The zero-order chi connectivity index (χ0) is 12.1. The highest BCUT2D eigenvalue weighted by atomic mass is 35.5. The van der Waals surface area contributed by atoms with E-state index in [0.717, 1.165) is 18.5 Å². The molecule has 1 aromatic rings. The lowest BCUT2D eigenvalue weighted by molar-refractivity contribution is -0.115. The van der Waals surface area contributed by atoms with Crippen molar-refractivity contribution in [1.29, 1.82) is 0 Å². The topological polar surface area (TPSA) is 41.1 Å². The van der Waals surface area contributed by atoms with Crippen LogP contribution in [0.25, 0.3) is 0 Å². The van der Waals surface area contributed by atoms with Crippen LogP contribution in [0.2, 0.25) is 5.02 Å². The minimum Gasteiger partial charge on any atom is -0.325 e. The Bertz CT molecular complexity index is 423. The maximum absolute atomic E-state index is 11.6. The third-order valence-corrected chi connectivity index (χ3v) is 2.90. The van der Waals surface area contributed by atoms with Crippen LogP contribution in [-0.2, 0) is 4.79 Å². The molecule has 1 amide bonds. The summed E-state index contributed by atoms with van der Waals surface area (Å²) in [6.45, 7) is 0.332. The predicted molar refractivity (Wildman–Crippen MR) is 70.2 cm³/mol. The third kappa shape index (κ3) is 3.88. The molecule has 0 atom stereocenters. The zero-order valence-electron chi connectivity index (χ0n) is 9.45. The van der Waals surface area contributed by atoms with Crippen LogP contribution in [0.4, 0.5) is 5.69 Å². The fourth-order valence-corrected chi connectivity index (χ4v) is 1.98. The highest BCUT2D eigenvalue weighted by Gasteiger charge is 2.11. The van der Waals surface area contributed by atoms with Crippen LogP contribution < -0.4 is 10.6 Å². The average Bonchev–Trinajstić information content (AvgIpc) is 2.79. The second kappa shape index (κ2) is 5.84. The van der Waals surface area contributed by atoms with E-state index in [1.54, 1.807) is 12.1 Å². The highest BCUT2D eigenvalue weighted by Crippen LogP contribution is 2.14. The quantitative estimate of drug-likeness (QED) is 0.807. The SMILES string of the molecule is O=C(CNC1CC=CC1)Nc1cccc(Cl)c1. The lowest BCUT2D eigenvalue weighted by Gasteiger charge is -2.11. The van der Waals surface area contributed by atoms with Gasteiger partial charge in [0.2, 0.25) is 5.91 Å². The number of hydrogen-bond acceptors (Lipinski definition) is 2. The van der Waals surface area contributed by atoms with E-state index >= 15 is 0 Å². The largest absolute Gasteiger partial charge is 0.325 e. The number of hydrogen-bond donors (Lipinski definition) is 2. The maximum Gasteiger partial charge on any atom is 0.238 e. The highest BCUT2D eigenvalue weighted by molar-refractivity contribution is 6.30. The first-order chi connectivity index (χ1) is 8.24. The first kappa shape index (κ1) is 12.1. The van der Waals surface area contributed by atoms with Crippen molar-refractivity contribution in [3.05, 3.63) is 41.4 Å². The molecule has 1 aliphatic carbocycles. The Balaban J connectivity index is 1.77. The number of rotatable bonds is 4. The average molecular weight is 251 g/mol. The van der Waals surface area contributed by atoms with E-state index in [0.29, 0.717) is 17.6 Å². The van der Waals surface area contributed by atoms with Gasteiger partial charge < -0.3 is 10.6 Å². The van der Waals surface area contributed by atoms with Crippen molar-refractivity contribution in [1.82, 2.24) is 5.32 Å². The summed E-state index contributed by atoms with van der Waals surface area (Å²) < 4.78 is 0. The summed E-state index contributed by atoms with van der Waals surface area (Å²) in [6.07, 6.45) is 6.27. The van der Waals surface area contributed by atoms with Gasteiger partial charge in [-0.05, 0) is 31.0 Å². The van der Waals surface area contributed by atoms with Crippen molar-refractivity contribution in [3.63, 3.8) is 0 Å². The first-order valence-corrected chi connectivity index (χ1v) is 6.05. The number of halogens is 1. The Labute approximate surface area is 106 Å². The molecule has 0 aliphatic heterocycles. The Morgan fingerprint density at radius 1 is 1.35 bits per heavy atom. The van der Waals surface area contributed by atoms with Gasteiger partial charge in [-0.3, -0.25) is 4.79 Å². The molecule has 0 radical (unpaired) electrons. The molecule has 0 spiro atoms. The van der Waals surface area contributed by atoms with Crippen molar-refractivity contribution < 1.29 is 4.79 Å². The predicted octanol–water partition coefficient (Wildman–Crippen LogP) is 2.59. The van der Waals surface area contributed by atoms with Gasteiger partial charge >= 0.3 is 0 Å². The summed E-state index contributed by atoms with van der Waals surface area (Å²) in [5, 5.41) is 6.63. The maximum atomic E-state index is 11.6. The van der Waals surface area contributed by atoms with Gasteiger partial charge in [-0.15, -0.1) is 0 Å². The molecule has 90 valence electrons. The van der Waals surface area contributed by atoms with Gasteiger partial charge in [0, 0.05) is 16.8 Å². The molecule has 1 aliphatic rings. The van der Waals surface area contributed by atoms with E-state index in [-0.39, 0.29) is 5.91 Å². The lowest BCUT2D eigenvalue weighted by Crippen LogP contribution is -2.34. The van der Waals surface area contributed by atoms with E-state index in [2.05, 4.69) is 22.8 Å². The van der Waals surface area contributed by atoms with Gasteiger partial charge in [0.15, 0.2) is 0 Å². The number of carbonyl (C=O) groups is 1. The zero-order valence-corrected chi connectivity index (χ0v) is 10.2. The summed E-state index contributed by atoms with van der Waals surface area (Å²) in [7, 11) is 0. The van der Waals surface area contributed by atoms with Gasteiger partial charge in [-0.25, -0.2) is 0 Å². The molecular weight excluding hydrogens is 236 g/mol. The standard InChI is InChI=1S/C13H15ClN2O/c14-10-4-3-7-12(8-10)16-13(17)9-15-11-5-1-2-6-11/h1-4,7-8,11,15H,5-6,9H2,(H,16,17). The Morgan fingerprint density at radius 2 is 2.12 bits per heavy atom. The lowest BCUT2D eigenvalue weighted by atomic mass is 10.2. The Hall–Kier alpha value is -1.32. The van der Waals surface area contributed by atoms with Gasteiger partial charge in [0.05, 0.1) is 6.54 Å². The molecule has 3 nitrogen and oxygen atoms in total. The third-order valence-electron chi connectivity index (χ3n) is 2.67. The molecule has 2 N–H and O–H groups in total. The van der Waals surface area contributed by atoms with E-state index in [9.17, 15) is 4.79 Å². The van der Waals surface area contributed by atoms with Crippen molar-refractivity contribution in [2.45, 2.75) is 18.9 Å². The second-order valence-electron chi connectivity index (χ2n) is 4.08. The molecule has 4 heteroatoms. The van der Waals surface area contributed by atoms with Crippen LogP contribution in [0, 0.1) is 0 Å². The summed E-state index contributed by atoms with van der Waals surface area (Å²) in [5.74, 6) is -0.0424. The summed E-state index contributed by atoms with van der Waals surface area (Å²) in [4.78, 5) is 11.6. The van der Waals surface area contributed by atoms with Crippen LogP contribution >= 0.6 is 11.6 Å². The molecule has 0 heterocycles. The first-order valence-electron chi connectivity index (χ1n) is 5.68. The van der Waals surface area contributed by atoms with Gasteiger partial charge in [0.25, 0.3) is 0 Å². The van der Waals surface area contributed by atoms with Crippen LogP contribution in [0.15, 0.2) is 36.4 Å². The molecule has 0 saturated carbocycles. The fraction of sp³-hybridized carbons (Fsp3) is 0.308. The molecule has 17 heavy (non-hydrogen) atoms. The number of anilines is 1. The normalized spacial score (nSPS) is 15.1. The molecule has 0 fully saturated rings. The molecule has 0 unspecified atom stereocenters. The van der Waals surface area contributed by atoms with Gasteiger partial charge in [-0.1, -0.05) is 29.8 Å². The fourth-order valence-electron chi connectivity index (χ4n) is 1.79. The summed E-state index contributed by atoms with van der Waals surface area (Å²) >= 11 is 5.83. The summed E-state index contributed by atoms with van der Waals surface area (Å²) in [6, 6.07) is 7.55. The number of nitrogens with one attached hydrogen (secondary N) is 2. The Kier molecular flexibility index (Phi) is 4.18. The molecule has 0 bridgehead atoms. The molecule has 2 rings (SSSR count). The van der Waals surface area contributed by atoms with Crippen molar-refractivity contribution in [2.75, 3.05) is 11.9 Å². The van der Waals surface area contributed by atoms with Crippen molar-refractivity contribution in [2.24, 2.45) is 0 Å². The number of amides is 1. The number of carbonyl (C=O) groups excluding carboxylic acids is 1. The van der Waals surface area contributed by atoms with E-state index in [4.69, 9.17) is 11.6 Å². The van der Waals surface area contributed by atoms with Crippen LogP contribution in [0.3, 0.4) is 0 Å². The second-order valence-corrected chi connectivity index (χ2v) is 4.52. The monoisotopic (exact) mass is 250 g/mol. The van der Waals surface area contributed by atoms with E-state index < -0.39 is 0 Å². The minimum atomic E-state index is -0.0424. The van der Waals surface area contributed by atoms with Crippen LogP contribution in [0.5, 0.6) is 0 Å². The molecule has 0 aromatic heterocycles. The van der Waals surface area contributed by atoms with Gasteiger partial charge in [0.1, 0.15) is 0 Å². The molecular formula is C13H15ClN2O. The van der Waals surface area contributed by atoms with E-state index in [1.807, 2.05) is 12.1 Å². The van der Waals surface area contributed by atoms with Crippen LogP contribution in [-0.4, -0.2) is 18.5 Å². The number of benzene rings is 1. The Morgan fingerprint density at radius 3 is 2.82 bits per heavy atom. The van der Waals surface area contributed by atoms with Gasteiger partial charge in [-0.2, -0.15) is 0 Å². The smallest absolute Gasteiger partial charge is 0.238 e.